The van der Waals surface area contributed by atoms with Crippen LogP contribution in [0.3, 0.4) is 0 Å². The minimum atomic E-state index is -2.42. The van der Waals surface area contributed by atoms with Gasteiger partial charge in [-0.2, -0.15) is 0 Å². The predicted molar refractivity (Wildman–Crippen MR) is 140 cm³/mol. The highest BCUT2D eigenvalue weighted by molar-refractivity contribution is 7.80. The van der Waals surface area contributed by atoms with Crippen LogP contribution in [0, 0.1) is 0 Å². The van der Waals surface area contributed by atoms with Crippen LogP contribution >= 0.6 is 11.3 Å². The first kappa shape index (κ1) is 26.5. The van der Waals surface area contributed by atoms with Crippen molar-refractivity contribution in [3.63, 3.8) is 0 Å². The van der Waals surface area contributed by atoms with Crippen LogP contribution in [-0.2, 0) is 32.1 Å². The molecule has 2 atom stereocenters. The molecule has 0 aliphatic carbocycles. The summed E-state index contributed by atoms with van der Waals surface area (Å²) < 4.78 is 24.1. The minimum absolute atomic E-state index is 0.230. The van der Waals surface area contributed by atoms with Crippen LogP contribution in [0.2, 0.25) is 0 Å². The van der Waals surface area contributed by atoms with Gasteiger partial charge >= 0.3 is 11.8 Å². The summed E-state index contributed by atoms with van der Waals surface area (Å²) >= 11 is -0.963. The molecule has 1 unspecified atom stereocenters. The molecule has 0 radical (unpaired) electrons. The number of piperazine rings is 1. The van der Waals surface area contributed by atoms with Crippen molar-refractivity contribution in [2.45, 2.75) is 19.4 Å². The van der Waals surface area contributed by atoms with E-state index in [1.165, 1.54) is 21.1 Å². The molecule has 1 aliphatic heterocycles. The van der Waals surface area contributed by atoms with E-state index in [1.54, 1.807) is 31.2 Å². The number of carbonyl (C=O) groups is 3. The molecule has 4 rings (SSSR count). The number of likely N-dealkylation sites (N-methyl/N-ethyl adjacent to an activating group) is 1. The first-order valence-electron chi connectivity index (χ1n) is 11.7. The molecule has 3 aromatic rings. The van der Waals surface area contributed by atoms with Crippen LogP contribution in [0.25, 0.3) is 10.6 Å². The standard InChI is InChI=1S/C25H27N5O5S2/c1-2-29-12-13-30(25(33)24(29)32)15-22(31)26-20(14-17-8-10-19(11-9-17)28-37(34)35)21-16-36-23(27-21)18-6-4-3-5-7-18/h3-11,16,20,28H,2,12-15H2,1H3,(H,26,31)(H,34,35)/p-1/t20-/m0/s1. The van der Waals surface area contributed by atoms with Gasteiger partial charge < -0.3 is 24.4 Å². The van der Waals surface area contributed by atoms with Gasteiger partial charge in [0.25, 0.3) is 0 Å². The summed E-state index contributed by atoms with van der Waals surface area (Å²) in [5.41, 5.74) is 2.90. The van der Waals surface area contributed by atoms with Crippen molar-refractivity contribution in [3.05, 3.63) is 71.2 Å². The van der Waals surface area contributed by atoms with E-state index in [0.29, 0.717) is 37.4 Å². The number of hydrogen-bond donors (Lipinski definition) is 2. The topological polar surface area (TPSA) is 135 Å². The molecular formula is C25H26N5O5S2-. The SMILES string of the molecule is CCN1CCN(CC(=O)N[C@@H](Cc2ccc(NS(=O)[O-])cc2)c2csc(-c3ccccc3)n2)C(=O)C1=O. The van der Waals surface area contributed by atoms with E-state index >= 15 is 0 Å². The fourth-order valence-corrected chi connectivity index (χ4v) is 5.22. The van der Waals surface area contributed by atoms with E-state index in [-0.39, 0.29) is 6.54 Å². The number of hydrogen-bond acceptors (Lipinski definition) is 7. The van der Waals surface area contributed by atoms with E-state index in [4.69, 9.17) is 4.98 Å². The summed E-state index contributed by atoms with van der Waals surface area (Å²) in [6, 6.07) is 16.0. The summed E-state index contributed by atoms with van der Waals surface area (Å²) in [7, 11) is 0. The molecule has 3 amide bonds. The van der Waals surface area contributed by atoms with Gasteiger partial charge in [0.2, 0.25) is 5.91 Å². The maximum atomic E-state index is 13.0. The molecule has 2 heterocycles. The number of thiazole rings is 1. The number of nitrogens with zero attached hydrogens (tertiary/aromatic N) is 3. The Bertz CT molecular complexity index is 1280. The zero-order valence-electron chi connectivity index (χ0n) is 20.1. The molecule has 37 heavy (non-hydrogen) atoms. The minimum Gasteiger partial charge on any atom is -0.755 e. The predicted octanol–water partition coefficient (Wildman–Crippen LogP) is 2.11. The van der Waals surface area contributed by atoms with Gasteiger partial charge in [-0.25, -0.2) is 4.98 Å². The smallest absolute Gasteiger partial charge is 0.312 e. The Balaban J connectivity index is 1.51. The van der Waals surface area contributed by atoms with E-state index in [9.17, 15) is 23.1 Å². The average Bonchev–Trinajstić information content (AvgIpc) is 3.38. The maximum absolute atomic E-state index is 13.0. The molecule has 0 bridgehead atoms. The Hall–Kier alpha value is -3.61. The van der Waals surface area contributed by atoms with Crippen molar-refractivity contribution in [1.82, 2.24) is 20.1 Å². The van der Waals surface area contributed by atoms with Crippen molar-refractivity contribution in [1.29, 1.82) is 0 Å². The lowest BCUT2D eigenvalue weighted by atomic mass is 10.0. The lowest BCUT2D eigenvalue weighted by Crippen LogP contribution is -2.56. The molecule has 0 saturated carbocycles. The third-order valence-electron chi connectivity index (χ3n) is 5.94. The highest BCUT2D eigenvalue weighted by Gasteiger charge is 2.33. The number of nitrogens with one attached hydrogen (secondary N) is 2. The Kier molecular flexibility index (Phi) is 8.64. The Morgan fingerprint density at radius 3 is 2.43 bits per heavy atom. The number of benzene rings is 2. The number of carbonyl (C=O) groups excluding carboxylic acids is 3. The lowest BCUT2D eigenvalue weighted by Gasteiger charge is -2.33. The molecule has 1 saturated heterocycles. The van der Waals surface area contributed by atoms with Crippen LogP contribution < -0.4 is 10.0 Å². The summed E-state index contributed by atoms with van der Waals surface area (Å²) in [4.78, 5) is 45.1. The summed E-state index contributed by atoms with van der Waals surface area (Å²) in [6.45, 7) is 2.70. The Morgan fingerprint density at radius 1 is 1.08 bits per heavy atom. The van der Waals surface area contributed by atoms with Gasteiger partial charge in [0.15, 0.2) is 0 Å². The van der Waals surface area contributed by atoms with Crippen LogP contribution in [0.5, 0.6) is 0 Å². The molecule has 10 nitrogen and oxygen atoms in total. The van der Waals surface area contributed by atoms with Gasteiger partial charge in [-0.05, 0) is 31.0 Å². The van der Waals surface area contributed by atoms with Crippen molar-refractivity contribution >= 4 is 46.0 Å². The maximum Gasteiger partial charge on any atom is 0.312 e. The number of aromatic nitrogens is 1. The van der Waals surface area contributed by atoms with Crippen LogP contribution in [0.15, 0.2) is 60.0 Å². The molecule has 194 valence electrons. The third-order valence-corrected chi connectivity index (χ3v) is 7.26. The Labute approximate surface area is 221 Å². The molecule has 2 aromatic carbocycles. The molecule has 1 fully saturated rings. The van der Waals surface area contributed by atoms with E-state index < -0.39 is 35.0 Å². The van der Waals surface area contributed by atoms with E-state index in [0.717, 1.165) is 16.1 Å². The highest BCUT2D eigenvalue weighted by atomic mass is 32.2. The van der Waals surface area contributed by atoms with Crippen molar-refractivity contribution in [2.75, 3.05) is 30.9 Å². The van der Waals surface area contributed by atoms with Crippen LogP contribution in [-0.4, -0.2) is 67.4 Å². The molecule has 2 N–H and O–H groups in total. The second kappa shape index (κ2) is 12.1. The Morgan fingerprint density at radius 2 is 1.76 bits per heavy atom. The molecular weight excluding hydrogens is 514 g/mol. The normalized spacial score (nSPS) is 15.4. The zero-order valence-corrected chi connectivity index (χ0v) is 21.7. The monoisotopic (exact) mass is 540 g/mol. The lowest BCUT2D eigenvalue weighted by molar-refractivity contribution is -0.156. The van der Waals surface area contributed by atoms with Gasteiger partial charge in [0, 0.05) is 47.5 Å². The number of amides is 3. The van der Waals surface area contributed by atoms with Gasteiger partial charge in [-0.1, -0.05) is 42.5 Å². The fraction of sp³-hybridized carbons (Fsp3) is 0.280. The second-order valence-electron chi connectivity index (χ2n) is 8.41. The van der Waals surface area contributed by atoms with Gasteiger partial charge in [-0.15, -0.1) is 11.3 Å². The van der Waals surface area contributed by atoms with Crippen LogP contribution in [0.4, 0.5) is 5.69 Å². The van der Waals surface area contributed by atoms with Gasteiger partial charge in [0.1, 0.15) is 11.6 Å². The fourth-order valence-electron chi connectivity index (χ4n) is 4.01. The number of anilines is 1. The largest absolute Gasteiger partial charge is 0.755 e. The zero-order chi connectivity index (χ0) is 26.4. The number of rotatable bonds is 10. The first-order valence-corrected chi connectivity index (χ1v) is 13.6. The first-order chi connectivity index (χ1) is 17.8. The summed E-state index contributed by atoms with van der Waals surface area (Å²) in [5.74, 6) is -1.68. The van der Waals surface area contributed by atoms with Gasteiger partial charge in [0.05, 0.1) is 11.7 Å². The summed E-state index contributed by atoms with van der Waals surface area (Å²) in [5, 5.41) is 5.67. The van der Waals surface area contributed by atoms with Crippen molar-refractivity contribution in [2.24, 2.45) is 0 Å². The van der Waals surface area contributed by atoms with E-state index in [1.807, 2.05) is 35.7 Å². The third kappa shape index (κ3) is 6.79. The molecule has 12 heteroatoms. The van der Waals surface area contributed by atoms with Crippen molar-refractivity contribution in [3.8, 4) is 10.6 Å². The molecule has 0 spiro atoms. The second-order valence-corrected chi connectivity index (χ2v) is 9.94. The van der Waals surface area contributed by atoms with Crippen LogP contribution in [0.1, 0.15) is 24.2 Å². The van der Waals surface area contributed by atoms with Crippen molar-refractivity contribution < 1.29 is 23.1 Å². The summed E-state index contributed by atoms with van der Waals surface area (Å²) in [6.07, 6.45) is 0.390. The quantitative estimate of drug-likeness (QED) is 0.299. The molecule has 1 aromatic heterocycles. The average molecular weight is 541 g/mol. The van der Waals surface area contributed by atoms with Gasteiger partial charge in [-0.3, -0.25) is 18.6 Å². The van der Waals surface area contributed by atoms with E-state index in [2.05, 4.69) is 10.0 Å². The molecule has 1 aliphatic rings. The highest BCUT2D eigenvalue weighted by Crippen LogP contribution is 2.28.